The lowest BCUT2D eigenvalue weighted by atomic mass is 9.92. The topological polar surface area (TPSA) is 92.9 Å². The summed E-state index contributed by atoms with van der Waals surface area (Å²) in [6.45, 7) is 10.3. The highest BCUT2D eigenvalue weighted by atomic mass is 16.2. The molecule has 1 aromatic heterocycles. The normalized spacial score (nSPS) is 12.1. The van der Waals surface area contributed by atoms with Crippen LogP contribution in [-0.4, -0.2) is 29.5 Å². The van der Waals surface area contributed by atoms with Crippen LogP contribution in [0.5, 0.6) is 0 Å². The first-order valence-corrected chi connectivity index (χ1v) is 6.67. The number of aromatic nitrogens is 2. The smallest absolute Gasteiger partial charge is 0.227 e. The van der Waals surface area contributed by atoms with E-state index in [1.165, 1.54) is 0 Å². The average molecular weight is 279 g/mol. The number of nitrogens with zero attached hydrogens (tertiary/aromatic N) is 2. The van der Waals surface area contributed by atoms with E-state index >= 15 is 0 Å². The molecule has 0 saturated carbocycles. The van der Waals surface area contributed by atoms with Crippen molar-refractivity contribution in [3.05, 3.63) is 11.9 Å². The van der Waals surface area contributed by atoms with Crippen LogP contribution in [0.2, 0.25) is 0 Å². The van der Waals surface area contributed by atoms with Crippen LogP contribution in [0.3, 0.4) is 0 Å². The van der Waals surface area contributed by atoms with Crippen molar-refractivity contribution >= 4 is 17.5 Å². The van der Waals surface area contributed by atoms with Gasteiger partial charge in [-0.3, -0.25) is 4.79 Å². The standard InChI is InChI=1S/C14H25N5O/c1-13(2,3)11-18-9(15)7-10(19-11)17-8-14(4,5)12(20)16-6/h7H,8H2,1-6H3,(H,16,20)(H3,15,17,18,19). The Hall–Kier alpha value is -1.85. The first kappa shape index (κ1) is 16.2. The van der Waals surface area contributed by atoms with Crippen molar-refractivity contribution in [2.24, 2.45) is 5.41 Å². The van der Waals surface area contributed by atoms with E-state index in [9.17, 15) is 4.79 Å². The molecule has 6 heteroatoms. The van der Waals surface area contributed by atoms with Gasteiger partial charge < -0.3 is 16.4 Å². The summed E-state index contributed by atoms with van der Waals surface area (Å²) >= 11 is 0. The summed E-state index contributed by atoms with van der Waals surface area (Å²) in [7, 11) is 1.63. The molecule has 0 aliphatic carbocycles. The monoisotopic (exact) mass is 279 g/mol. The van der Waals surface area contributed by atoms with Gasteiger partial charge in [-0.1, -0.05) is 20.8 Å². The fourth-order valence-corrected chi connectivity index (χ4v) is 1.62. The molecule has 4 N–H and O–H groups in total. The molecule has 1 aromatic rings. The maximum absolute atomic E-state index is 11.7. The van der Waals surface area contributed by atoms with Crippen molar-refractivity contribution in [3.63, 3.8) is 0 Å². The predicted octanol–water partition coefficient (Wildman–Crippen LogP) is 1.54. The van der Waals surface area contributed by atoms with Gasteiger partial charge >= 0.3 is 0 Å². The van der Waals surface area contributed by atoms with Crippen LogP contribution >= 0.6 is 0 Å². The lowest BCUT2D eigenvalue weighted by molar-refractivity contribution is -0.128. The second-order valence-corrected chi connectivity index (χ2v) is 6.57. The van der Waals surface area contributed by atoms with Crippen molar-refractivity contribution in [1.82, 2.24) is 15.3 Å². The average Bonchev–Trinajstić information content (AvgIpc) is 2.33. The zero-order valence-corrected chi connectivity index (χ0v) is 13.2. The maximum atomic E-state index is 11.7. The van der Waals surface area contributed by atoms with Crippen molar-refractivity contribution < 1.29 is 4.79 Å². The van der Waals surface area contributed by atoms with E-state index < -0.39 is 5.41 Å². The van der Waals surface area contributed by atoms with Gasteiger partial charge in [-0.05, 0) is 13.8 Å². The number of rotatable bonds is 4. The highest BCUT2D eigenvalue weighted by Gasteiger charge is 2.26. The van der Waals surface area contributed by atoms with E-state index in [4.69, 9.17) is 5.73 Å². The van der Waals surface area contributed by atoms with Crippen LogP contribution in [0.25, 0.3) is 0 Å². The second-order valence-electron chi connectivity index (χ2n) is 6.57. The summed E-state index contributed by atoms with van der Waals surface area (Å²) in [5.74, 6) is 1.71. The molecule has 1 rings (SSSR count). The largest absolute Gasteiger partial charge is 0.384 e. The summed E-state index contributed by atoms with van der Waals surface area (Å²) in [5, 5.41) is 5.81. The number of carbonyl (C=O) groups excluding carboxylic acids is 1. The molecule has 6 nitrogen and oxygen atoms in total. The lowest BCUT2D eigenvalue weighted by Crippen LogP contribution is -2.39. The number of hydrogen-bond donors (Lipinski definition) is 3. The molecule has 0 fully saturated rings. The van der Waals surface area contributed by atoms with Crippen LogP contribution in [0, 0.1) is 5.41 Å². The maximum Gasteiger partial charge on any atom is 0.227 e. The van der Waals surface area contributed by atoms with Crippen LogP contribution in [-0.2, 0) is 10.2 Å². The van der Waals surface area contributed by atoms with Crippen LogP contribution in [0.4, 0.5) is 11.6 Å². The van der Waals surface area contributed by atoms with E-state index in [0.29, 0.717) is 24.0 Å². The van der Waals surface area contributed by atoms with E-state index in [1.807, 2.05) is 34.6 Å². The third kappa shape index (κ3) is 4.08. The zero-order chi connectivity index (χ0) is 15.6. The highest BCUT2D eigenvalue weighted by molar-refractivity contribution is 5.82. The molecular weight excluding hydrogens is 254 g/mol. The van der Waals surface area contributed by atoms with E-state index in [0.717, 1.165) is 0 Å². The number of carbonyl (C=O) groups is 1. The van der Waals surface area contributed by atoms with Gasteiger partial charge in [-0.25, -0.2) is 9.97 Å². The van der Waals surface area contributed by atoms with Crippen LogP contribution in [0.1, 0.15) is 40.4 Å². The van der Waals surface area contributed by atoms with E-state index in [-0.39, 0.29) is 11.3 Å². The lowest BCUT2D eigenvalue weighted by Gasteiger charge is -2.24. The minimum Gasteiger partial charge on any atom is -0.384 e. The Kier molecular flexibility index (Phi) is 4.57. The SMILES string of the molecule is CNC(=O)C(C)(C)CNc1cc(N)nc(C(C)(C)C)n1. The Bertz CT molecular complexity index is 491. The molecule has 0 spiro atoms. The molecule has 20 heavy (non-hydrogen) atoms. The number of anilines is 2. The van der Waals surface area contributed by atoms with Crippen LogP contribution < -0.4 is 16.4 Å². The number of nitrogens with one attached hydrogen (secondary N) is 2. The van der Waals surface area contributed by atoms with Gasteiger partial charge in [0, 0.05) is 25.1 Å². The quantitative estimate of drug-likeness (QED) is 0.777. The van der Waals surface area contributed by atoms with Gasteiger partial charge in [-0.2, -0.15) is 0 Å². The van der Waals surface area contributed by atoms with E-state index in [1.54, 1.807) is 13.1 Å². The van der Waals surface area contributed by atoms with Crippen molar-refractivity contribution in [1.29, 1.82) is 0 Å². The number of hydrogen-bond acceptors (Lipinski definition) is 5. The summed E-state index contributed by atoms with van der Waals surface area (Å²) in [6.07, 6.45) is 0. The van der Waals surface area contributed by atoms with Gasteiger partial charge in [-0.15, -0.1) is 0 Å². The van der Waals surface area contributed by atoms with Crippen molar-refractivity contribution in [2.45, 2.75) is 40.0 Å². The van der Waals surface area contributed by atoms with Crippen LogP contribution in [0.15, 0.2) is 6.07 Å². The fraction of sp³-hybridized carbons (Fsp3) is 0.643. The Morgan fingerprint density at radius 2 is 1.85 bits per heavy atom. The Labute approximate surface area is 120 Å². The molecule has 0 radical (unpaired) electrons. The van der Waals surface area contributed by atoms with Gasteiger partial charge in [0.2, 0.25) is 5.91 Å². The number of nitrogens with two attached hydrogens (primary N) is 1. The molecule has 112 valence electrons. The molecule has 1 heterocycles. The minimum atomic E-state index is -0.531. The molecule has 0 unspecified atom stereocenters. The Morgan fingerprint density at radius 1 is 1.25 bits per heavy atom. The van der Waals surface area contributed by atoms with E-state index in [2.05, 4.69) is 20.6 Å². The molecule has 0 aromatic carbocycles. The summed E-state index contributed by atoms with van der Waals surface area (Å²) < 4.78 is 0. The second kappa shape index (κ2) is 5.64. The van der Waals surface area contributed by atoms with Crippen molar-refractivity contribution in [3.8, 4) is 0 Å². The third-order valence-corrected chi connectivity index (χ3v) is 2.97. The van der Waals surface area contributed by atoms with Gasteiger partial charge in [0.1, 0.15) is 17.5 Å². The van der Waals surface area contributed by atoms with Gasteiger partial charge in [0.15, 0.2) is 0 Å². The zero-order valence-electron chi connectivity index (χ0n) is 13.2. The molecule has 0 aliphatic rings. The molecule has 0 saturated heterocycles. The summed E-state index contributed by atoms with van der Waals surface area (Å²) in [5.41, 5.74) is 5.10. The van der Waals surface area contributed by atoms with Gasteiger partial charge in [0.25, 0.3) is 0 Å². The summed E-state index contributed by atoms with van der Waals surface area (Å²) in [6, 6.07) is 1.68. The number of nitrogen functional groups attached to an aromatic ring is 1. The summed E-state index contributed by atoms with van der Waals surface area (Å²) in [4.78, 5) is 20.4. The minimum absolute atomic E-state index is 0.0249. The molecule has 0 aliphatic heterocycles. The molecule has 1 amide bonds. The highest BCUT2D eigenvalue weighted by Crippen LogP contribution is 2.22. The molecule has 0 atom stereocenters. The Morgan fingerprint density at radius 3 is 2.35 bits per heavy atom. The Balaban J connectivity index is 2.89. The molecular formula is C14H25N5O. The van der Waals surface area contributed by atoms with Crippen molar-refractivity contribution in [2.75, 3.05) is 24.6 Å². The third-order valence-electron chi connectivity index (χ3n) is 2.97. The van der Waals surface area contributed by atoms with Gasteiger partial charge in [0.05, 0.1) is 5.41 Å². The fourth-order valence-electron chi connectivity index (χ4n) is 1.62. The molecule has 0 bridgehead atoms. The first-order chi connectivity index (χ1) is 9.06. The number of amides is 1. The first-order valence-electron chi connectivity index (χ1n) is 6.67. The predicted molar refractivity (Wildman–Crippen MR) is 81.5 cm³/mol.